The first-order valence-corrected chi connectivity index (χ1v) is 7.02. The van der Waals surface area contributed by atoms with Gasteiger partial charge in [0.15, 0.2) is 0 Å². The highest BCUT2D eigenvalue weighted by Gasteiger charge is 2.14. The van der Waals surface area contributed by atoms with Crippen molar-refractivity contribution in [2.45, 2.75) is 25.8 Å². The van der Waals surface area contributed by atoms with E-state index in [-0.39, 0.29) is 18.7 Å². The lowest BCUT2D eigenvalue weighted by Crippen LogP contribution is -2.33. The van der Waals surface area contributed by atoms with E-state index in [1.807, 2.05) is 17.5 Å². The van der Waals surface area contributed by atoms with Gasteiger partial charge in [-0.25, -0.2) is 0 Å². The molecule has 0 fully saturated rings. The fourth-order valence-electron chi connectivity index (χ4n) is 1.63. The summed E-state index contributed by atoms with van der Waals surface area (Å²) in [6.45, 7) is 1.57. The zero-order valence-corrected chi connectivity index (χ0v) is 11.8. The van der Waals surface area contributed by atoms with E-state index < -0.39 is 5.97 Å². The molecule has 19 heavy (non-hydrogen) atoms. The van der Waals surface area contributed by atoms with Crippen LogP contribution in [-0.2, 0) is 20.9 Å². The molecule has 0 radical (unpaired) electrons. The Morgan fingerprint density at radius 2 is 2.21 bits per heavy atom. The maximum Gasteiger partial charge on any atom is 0.303 e. The number of nitrogens with zero attached hydrogens (tertiary/aromatic N) is 1. The van der Waals surface area contributed by atoms with Crippen molar-refractivity contribution < 1.29 is 19.4 Å². The van der Waals surface area contributed by atoms with E-state index in [1.54, 1.807) is 23.3 Å². The van der Waals surface area contributed by atoms with Crippen LogP contribution in [0.2, 0.25) is 0 Å². The van der Waals surface area contributed by atoms with Crippen LogP contribution in [0.25, 0.3) is 0 Å². The fraction of sp³-hybridized carbons (Fsp3) is 0.538. The third-order valence-corrected chi connectivity index (χ3v) is 3.49. The summed E-state index contributed by atoms with van der Waals surface area (Å²) in [5, 5.41) is 10.5. The van der Waals surface area contributed by atoms with Gasteiger partial charge in [-0.15, -0.1) is 11.3 Å². The molecule has 1 aromatic rings. The Balaban J connectivity index is 2.47. The van der Waals surface area contributed by atoms with Crippen molar-refractivity contribution in [2.75, 3.05) is 20.3 Å². The highest BCUT2D eigenvalue weighted by Crippen LogP contribution is 2.13. The van der Waals surface area contributed by atoms with Crippen molar-refractivity contribution in [3.63, 3.8) is 0 Å². The van der Waals surface area contributed by atoms with Crippen molar-refractivity contribution in [1.82, 2.24) is 4.90 Å². The van der Waals surface area contributed by atoms with Crippen molar-refractivity contribution in [3.05, 3.63) is 22.4 Å². The maximum atomic E-state index is 12.0. The molecule has 0 aliphatic heterocycles. The fourth-order valence-corrected chi connectivity index (χ4v) is 2.35. The number of rotatable bonds is 9. The van der Waals surface area contributed by atoms with Gasteiger partial charge < -0.3 is 14.7 Å². The summed E-state index contributed by atoms with van der Waals surface area (Å²) < 4.78 is 5.00. The lowest BCUT2D eigenvalue weighted by atomic mass is 10.2. The van der Waals surface area contributed by atoms with Crippen molar-refractivity contribution in [1.29, 1.82) is 0 Å². The number of methoxy groups -OCH3 is 1. The Hall–Kier alpha value is -1.40. The zero-order valence-electron chi connectivity index (χ0n) is 11.0. The molecule has 106 valence electrons. The minimum absolute atomic E-state index is 0.0216. The SMILES string of the molecule is COCCN(Cc1cccs1)C(=O)CCCC(=O)O. The summed E-state index contributed by atoms with van der Waals surface area (Å²) >= 11 is 1.60. The summed E-state index contributed by atoms with van der Waals surface area (Å²) in [5.41, 5.74) is 0. The first-order chi connectivity index (χ1) is 9.13. The Bertz CT molecular complexity index is 391. The van der Waals surface area contributed by atoms with E-state index in [0.717, 1.165) is 4.88 Å². The van der Waals surface area contributed by atoms with Crippen molar-refractivity contribution in [2.24, 2.45) is 0 Å². The molecule has 0 saturated carbocycles. The summed E-state index contributed by atoms with van der Waals surface area (Å²) in [4.78, 5) is 25.3. The molecule has 0 saturated heterocycles. The Morgan fingerprint density at radius 1 is 1.42 bits per heavy atom. The monoisotopic (exact) mass is 285 g/mol. The molecule has 5 nitrogen and oxygen atoms in total. The lowest BCUT2D eigenvalue weighted by Gasteiger charge is -2.21. The molecule has 0 aromatic carbocycles. The molecule has 0 spiro atoms. The maximum absolute atomic E-state index is 12.0. The molecular weight excluding hydrogens is 266 g/mol. The van der Waals surface area contributed by atoms with Crippen LogP contribution in [0.5, 0.6) is 0 Å². The third kappa shape index (κ3) is 6.35. The van der Waals surface area contributed by atoms with Crippen molar-refractivity contribution >= 4 is 23.2 Å². The summed E-state index contributed by atoms with van der Waals surface area (Å²) in [6, 6.07) is 3.93. The molecule has 0 aliphatic carbocycles. The van der Waals surface area contributed by atoms with Gasteiger partial charge in [0.05, 0.1) is 13.2 Å². The quantitative estimate of drug-likeness (QED) is 0.753. The van der Waals surface area contributed by atoms with Crippen LogP contribution in [0.3, 0.4) is 0 Å². The van der Waals surface area contributed by atoms with Gasteiger partial charge in [-0.1, -0.05) is 6.07 Å². The van der Waals surface area contributed by atoms with Gasteiger partial charge in [-0.05, 0) is 17.9 Å². The molecule has 0 unspecified atom stereocenters. The molecule has 1 heterocycles. The predicted molar refractivity (Wildman–Crippen MR) is 73.1 cm³/mol. The van der Waals surface area contributed by atoms with Gasteiger partial charge in [-0.3, -0.25) is 9.59 Å². The predicted octanol–water partition coefficient (Wildman–Crippen LogP) is 1.98. The molecule has 0 aliphatic rings. The van der Waals surface area contributed by atoms with Gasteiger partial charge in [-0.2, -0.15) is 0 Å². The Labute approximate surface area is 116 Å². The van der Waals surface area contributed by atoms with Gasteiger partial charge >= 0.3 is 5.97 Å². The van der Waals surface area contributed by atoms with E-state index >= 15 is 0 Å². The van der Waals surface area contributed by atoms with Crippen molar-refractivity contribution in [3.8, 4) is 0 Å². The number of carbonyl (C=O) groups excluding carboxylic acids is 1. The highest BCUT2D eigenvalue weighted by atomic mass is 32.1. The standard InChI is InChI=1S/C13H19NO4S/c1-18-8-7-14(10-11-4-3-9-19-11)12(15)5-2-6-13(16)17/h3-4,9H,2,5-8,10H2,1H3,(H,16,17). The number of ether oxygens (including phenoxy) is 1. The summed E-state index contributed by atoms with van der Waals surface area (Å²) in [6.07, 6.45) is 0.673. The largest absolute Gasteiger partial charge is 0.481 e. The normalized spacial score (nSPS) is 10.4. The topological polar surface area (TPSA) is 66.8 Å². The molecule has 1 N–H and O–H groups in total. The van der Waals surface area contributed by atoms with Crippen LogP contribution < -0.4 is 0 Å². The van der Waals surface area contributed by atoms with Gasteiger partial charge in [0.2, 0.25) is 5.91 Å². The average molecular weight is 285 g/mol. The van der Waals surface area contributed by atoms with Crippen LogP contribution in [0.15, 0.2) is 17.5 Å². The van der Waals surface area contributed by atoms with E-state index in [1.165, 1.54) is 0 Å². The second kappa shape index (κ2) is 8.66. The number of carboxylic acid groups (broad SMARTS) is 1. The number of aliphatic carboxylic acids is 1. The first-order valence-electron chi connectivity index (χ1n) is 6.14. The van der Waals surface area contributed by atoms with E-state index in [9.17, 15) is 9.59 Å². The van der Waals surface area contributed by atoms with E-state index in [0.29, 0.717) is 26.1 Å². The highest BCUT2D eigenvalue weighted by molar-refractivity contribution is 7.09. The van der Waals surface area contributed by atoms with Crippen LogP contribution in [0.4, 0.5) is 0 Å². The summed E-state index contributed by atoms with van der Waals surface area (Å²) in [5.74, 6) is -0.888. The average Bonchev–Trinajstić information content (AvgIpc) is 2.86. The second-order valence-electron chi connectivity index (χ2n) is 4.13. The molecule has 6 heteroatoms. The first kappa shape index (κ1) is 15.7. The van der Waals surface area contributed by atoms with E-state index in [2.05, 4.69) is 0 Å². The van der Waals surface area contributed by atoms with Gasteiger partial charge in [0.1, 0.15) is 0 Å². The number of amides is 1. The number of hydrogen-bond acceptors (Lipinski definition) is 4. The zero-order chi connectivity index (χ0) is 14.1. The third-order valence-electron chi connectivity index (χ3n) is 2.63. The smallest absolute Gasteiger partial charge is 0.303 e. The number of thiophene rings is 1. The molecule has 1 amide bonds. The second-order valence-corrected chi connectivity index (χ2v) is 5.17. The molecule has 0 atom stereocenters. The Kier molecular flexibility index (Phi) is 7.14. The minimum Gasteiger partial charge on any atom is -0.481 e. The number of hydrogen-bond donors (Lipinski definition) is 1. The van der Waals surface area contributed by atoms with Crippen LogP contribution in [0, 0.1) is 0 Å². The van der Waals surface area contributed by atoms with Crippen LogP contribution in [0.1, 0.15) is 24.1 Å². The number of carboxylic acids is 1. The van der Waals surface area contributed by atoms with E-state index in [4.69, 9.17) is 9.84 Å². The molecule has 1 rings (SSSR count). The minimum atomic E-state index is -0.866. The number of carbonyl (C=O) groups is 2. The van der Waals surface area contributed by atoms with Crippen LogP contribution >= 0.6 is 11.3 Å². The lowest BCUT2D eigenvalue weighted by molar-refractivity contribution is -0.137. The van der Waals surface area contributed by atoms with Gasteiger partial charge in [0, 0.05) is 31.4 Å². The Morgan fingerprint density at radius 3 is 2.79 bits per heavy atom. The van der Waals surface area contributed by atoms with Crippen LogP contribution in [-0.4, -0.2) is 42.1 Å². The molecular formula is C13H19NO4S. The summed E-state index contributed by atoms with van der Waals surface area (Å²) in [7, 11) is 1.60. The van der Waals surface area contributed by atoms with Gasteiger partial charge in [0.25, 0.3) is 0 Å². The molecule has 0 bridgehead atoms. The molecule has 1 aromatic heterocycles.